The van der Waals surface area contributed by atoms with E-state index < -0.39 is 25.9 Å². The number of nitrogens with zero attached hydrogens (tertiary/aromatic N) is 2. The Labute approximate surface area is 211 Å². The molecule has 4 rings (SSSR count). The molecule has 2 aromatic rings. The summed E-state index contributed by atoms with van der Waals surface area (Å²) in [4.78, 5) is 12.8. The molecule has 0 saturated carbocycles. The van der Waals surface area contributed by atoms with Gasteiger partial charge in [0.25, 0.3) is 0 Å². The maximum absolute atomic E-state index is 13.1. The molecule has 196 valence electrons. The Morgan fingerprint density at radius 2 is 1.33 bits per heavy atom. The van der Waals surface area contributed by atoms with E-state index in [1.54, 1.807) is 12.1 Å². The van der Waals surface area contributed by atoms with Gasteiger partial charge in [-0.15, -0.1) is 0 Å². The van der Waals surface area contributed by atoms with Crippen LogP contribution in [0.15, 0.2) is 58.3 Å². The number of hydrogen-bond donors (Lipinski definition) is 1. The molecule has 0 aliphatic carbocycles. The number of rotatable bonds is 9. The second-order valence-electron chi connectivity index (χ2n) is 8.85. The molecule has 36 heavy (non-hydrogen) atoms. The Balaban J connectivity index is 1.19. The largest absolute Gasteiger partial charge is 0.492 e. The highest BCUT2D eigenvalue weighted by Gasteiger charge is 2.32. The van der Waals surface area contributed by atoms with Crippen molar-refractivity contribution in [2.24, 2.45) is 5.92 Å². The number of carbonyl (C=O) groups is 1. The number of carbonyl (C=O) groups excluding carboxylic acids is 1. The van der Waals surface area contributed by atoms with Gasteiger partial charge in [0.05, 0.1) is 16.3 Å². The highest BCUT2D eigenvalue weighted by molar-refractivity contribution is 7.89. The summed E-state index contributed by atoms with van der Waals surface area (Å²) in [5.74, 6) is -0.469. The van der Waals surface area contributed by atoms with Crippen LogP contribution in [-0.2, 0) is 24.8 Å². The molecule has 0 radical (unpaired) electrons. The highest BCUT2D eigenvalue weighted by Crippen LogP contribution is 2.25. The molecular formula is C24H30FN3O6S2. The fourth-order valence-electron chi connectivity index (χ4n) is 4.39. The summed E-state index contributed by atoms with van der Waals surface area (Å²) in [7, 11) is -7.19. The van der Waals surface area contributed by atoms with Crippen LogP contribution in [-0.4, -0.2) is 70.7 Å². The van der Waals surface area contributed by atoms with Crippen molar-refractivity contribution >= 4 is 26.0 Å². The standard InChI is InChI=1S/C24H30FN3O6S2/c25-20-3-7-22(8-4-20)36(32,33)28-16-11-19(12-17-28)24(29)26-13-18-34-21-5-9-23(10-6-21)35(30,31)27-14-1-2-15-27/h3-10,19H,1-2,11-18H2,(H,26,29). The Morgan fingerprint density at radius 3 is 1.89 bits per heavy atom. The maximum Gasteiger partial charge on any atom is 0.243 e. The van der Waals surface area contributed by atoms with E-state index in [2.05, 4.69) is 5.32 Å². The highest BCUT2D eigenvalue weighted by atomic mass is 32.2. The molecule has 12 heteroatoms. The van der Waals surface area contributed by atoms with Crippen LogP contribution >= 0.6 is 0 Å². The van der Waals surface area contributed by atoms with E-state index in [0.29, 0.717) is 31.7 Å². The molecule has 9 nitrogen and oxygen atoms in total. The number of halogens is 1. The van der Waals surface area contributed by atoms with Crippen molar-refractivity contribution in [3.63, 3.8) is 0 Å². The van der Waals surface area contributed by atoms with Crippen LogP contribution in [0.5, 0.6) is 5.75 Å². The van der Waals surface area contributed by atoms with E-state index in [1.165, 1.54) is 32.9 Å². The van der Waals surface area contributed by atoms with Crippen LogP contribution in [0, 0.1) is 11.7 Å². The van der Waals surface area contributed by atoms with E-state index in [4.69, 9.17) is 4.74 Å². The number of nitrogens with one attached hydrogen (secondary N) is 1. The molecule has 1 amide bonds. The fourth-order valence-corrected chi connectivity index (χ4v) is 7.37. The summed E-state index contributed by atoms with van der Waals surface area (Å²) in [6.45, 7) is 1.98. The van der Waals surface area contributed by atoms with E-state index in [9.17, 15) is 26.0 Å². The summed E-state index contributed by atoms with van der Waals surface area (Å²) >= 11 is 0. The monoisotopic (exact) mass is 539 g/mol. The van der Waals surface area contributed by atoms with Gasteiger partial charge in [0.1, 0.15) is 18.2 Å². The minimum Gasteiger partial charge on any atom is -0.492 e. The molecule has 0 unspecified atom stereocenters. The molecule has 0 aromatic heterocycles. The molecule has 0 atom stereocenters. The normalized spacial score (nSPS) is 18.2. The van der Waals surface area contributed by atoms with E-state index in [0.717, 1.165) is 25.0 Å². The first-order valence-corrected chi connectivity index (χ1v) is 14.8. The lowest BCUT2D eigenvalue weighted by Gasteiger charge is -2.30. The maximum atomic E-state index is 13.1. The summed E-state index contributed by atoms with van der Waals surface area (Å²) in [6.07, 6.45) is 2.53. The van der Waals surface area contributed by atoms with Gasteiger partial charge in [-0.05, 0) is 74.2 Å². The van der Waals surface area contributed by atoms with Crippen LogP contribution in [0.3, 0.4) is 0 Å². The third-order valence-corrected chi connectivity index (χ3v) is 10.3. The van der Waals surface area contributed by atoms with Gasteiger partial charge < -0.3 is 10.1 Å². The molecule has 0 bridgehead atoms. The second-order valence-corrected chi connectivity index (χ2v) is 12.7. The lowest BCUT2D eigenvalue weighted by molar-refractivity contribution is -0.126. The van der Waals surface area contributed by atoms with E-state index >= 15 is 0 Å². The van der Waals surface area contributed by atoms with Crippen LogP contribution < -0.4 is 10.1 Å². The number of hydrogen-bond acceptors (Lipinski definition) is 6. The van der Waals surface area contributed by atoms with Crippen LogP contribution in [0.25, 0.3) is 0 Å². The first-order valence-electron chi connectivity index (χ1n) is 11.9. The van der Waals surface area contributed by atoms with Gasteiger partial charge in [-0.3, -0.25) is 4.79 Å². The average Bonchev–Trinajstić information content (AvgIpc) is 3.43. The van der Waals surface area contributed by atoms with E-state index in [1.807, 2.05) is 0 Å². The third kappa shape index (κ3) is 6.05. The molecule has 0 spiro atoms. The number of piperidine rings is 1. The molecular weight excluding hydrogens is 509 g/mol. The summed E-state index contributed by atoms with van der Waals surface area (Å²) in [5.41, 5.74) is 0. The second kappa shape index (κ2) is 11.2. The number of amides is 1. The molecule has 2 heterocycles. The van der Waals surface area contributed by atoms with Gasteiger partial charge >= 0.3 is 0 Å². The van der Waals surface area contributed by atoms with Gasteiger partial charge in [0, 0.05) is 32.1 Å². The zero-order valence-electron chi connectivity index (χ0n) is 19.8. The first-order chi connectivity index (χ1) is 17.2. The summed E-state index contributed by atoms with van der Waals surface area (Å²) < 4.78 is 72.1. The Bertz CT molecular complexity index is 1250. The van der Waals surface area contributed by atoms with Crippen molar-refractivity contribution < 1.29 is 30.8 Å². The topological polar surface area (TPSA) is 113 Å². The molecule has 2 aromatic carbocycles. The van der Waals surface area contributed by atoms with Gasteiger partial charge in [-0.25, -0.2) is 21.2 Å². The van der Waals surface area contributed by atoms with Gasteiger partial charge in [0.2, 0.25) is 26.0 Å². The zero-order valence-corrected chi connectivity index (χ0v) is 21.4. The predicted octanol–water partition coefficient (Wildman–Crippen LogP) is 2.21. The molecule has 2 fully saturated rings. The molecule has 2 aliphatic rings. The van der Waals surface area contributed by atoms with Crippen molar-refractivity contribution in [3.8, 4) is 5.75 Å². The van der Waals surface area contributed by atoms with Crippen molar-refractivity contribution in [3.05, 3.63) is 54.3 Å². The molecule has 1 N–H and O–H groups in total. The van der Waals surface area contributed by atoms with Crippen molar-refractivity contribution in [1.29, 1.82) is 0 Å². The Morgan fingerprint density at radius 1 is 0.833 bits per heavy atom. The molecule has 2 aliphatic heterocycles. The quantitative estimate of drug-likeness (QED) is 0.489. The van der Waals surface area contributed by atoms with Gasteiger partial charge in [0.15, 0.2) is 0 Å². The van der Waals surface area contributed by atoms with Crippen LogP contribution in [0.4, 0.5) is 4.39 Å². The third-order valence-electron chi connectivity index (χ3n) is 6.47. The number of ether oxygens (including phenoxy) is 1. The summed E-state index contributed by atoms with van der Waals surface area (Å²) in [6, 6.07) is 10.9. The molecule has 2 saturated heterocycles. The van der Waals surface area contributed by atoms with Crippen molar-refractivity contribution in [2.45, 2.75) is 35.5 Å². The fraction of sp³-hybridized carbons (Fsp3) is 0.458. The lowest BCUT2D eigenvalue weighted by atomic mass is 9.97. The predicted molar refractivity (Wildman–Crippen MR) is 131 cm³/mol. The number of benzene rings is 2. The summed E-state index contributed by atoms with van der Waals surface area (Å²) in [5, 5.41) is 2.81. The van der Waals surface area contributed by atoms with Gasteiger partial charge in [-0.1, -0.05) is 0 Å². The first kappa shape index (κ1) is 26.5. The SMILES string of the molecule is O=C(NCCOc1ccc(S(=O)(=O)N2CCCC2)cc1)C1CCN(S(=O)(=O)c2ccc(F)cc2)CC1. The van der Waals surface area contributed by atoms with Crippen LogP contribution in [0.2, 0.25) is 0 Å². The van der Waals surface area contributed by atoms with Crippen LogP contribution in [0.1, 0.15) is 25.7 Å². The minimum absolute atomic E-state index is 0.0330. The lowest BCUT2D eigenvalue weighted by Crippen LogP contribution is -2.43. The number of sulfonamides is 2. The van der Waals surface area contributed by atoms with E-state index in [-0.39, 0.29) is 47.9 Å². The van der Waals surface area contributed by atoms with Crippen molar-refractivity contribution in [1.82, 2.24) is 13.9 Å². The van der Waals surface area contributed by atoms with Gasteiger partial charge in [-0.2, -0.15) is 8.61 Å². The van der Waals surface area contributed by atoms with Crippen molar-refractivity contribution in [2.75, 3.05) is 39.3 Å². The Hall–Kier alpha value is -2.54. The minimum atomic E-state index is -3.72. The Kier molecular flexibility index (Phi) is 8.28. The smallest absolute Gasteiger partial charge is 0.243 e. The zero-order chi connectivity index (χ0) is 25.8. The average molecular weight is 540 g/mol.